The van der Waals surface area contributed by atoms with Crippen molar-refractivity contribution >= 4 is 15.9 Å². The van der Waals surface area contributed by atoms with Gasteiger partial charge in [0.05, 0.1) is 0 Å². The molecule has 2 heteroatoms. The maximum atomic E-state index is 3.63. The highest BCUT2D eigenvalue weighted by atomic mass is 79.9. The summed E-state index contributed by atoms with van der Waals surface area (Å²) in [6.07, 6.45) is 3.81. The van der Waals surface area contributed by atoms with Gasteiger partial charge in [0.1, 0.15) is 0 Å². The highest BCUT2D eigenvalue weighted by molar-refractivity contribution is 9.10. The lowest BCUT2D eigenvalue weighted by atomic mass is 9.92. The van der Waals surface area contributed by atoms with E-state index in [-0.39, 0.29) is 0 Å². The van der Waals surface area contributed by atoms with Crippen molar-refractivity contribution in [2.75, 3.05) is 6.54 Å². The summed E-state index contributed by atoms with van der Waals surface area (Å²) in [5.41, 5.74) is 2.70. The van der Waals surface area contributed by atoms with E-state index < -0.39 is 0 Å². The molecule has 1 aromatic rings. The van der Waals surface area contributed by atoms with Crippen LogP contribution in [0.15, 0.2) is 22.7 Å². The van der Waals surface area contributed by atoms with Gasteiger partial charge in [-0.05, 0) is 43.0 Å². The van der Waals surface area contributed by atoms with Gasteiger partial charge in [-0.1, -0.05) is 61.7 Å². The Labute approximate surface area is 120 Å². The van der Waals surface area contributed by atoms with Crippen molar-refractivity contribution in [2.24, 2.45) is 5.92 Å². The molecule has 1 rings (SSSR count). The van der Waals surface area contributed by atoms with Crippen molar-refractivity contribution in [1.82, 2.24) is 5.32 Å². The fraction of sp³-hybridized carbons (Fsp3) is 0.625. The minimum Gasteiger partial charge on any atom is -0.310 e. The quantitative estimate of drug-likeness (QED) is 0.726. The summed E-state index contributed by atoms with van der Waals surface area (Å²) < 4.78 is 1.21. The monoisotopic (exact) mass is 311 g/mol. The Balaban J connectivity index is 2.79. The second-order valence-corrected chi connectivity index (χ2v) is 6.10. The van der Waals surface area contributed by atoms with Crippen LogP contribution in [0.2, 0.25) is 0 Å². The van der Waals surface area contributed by atoms with Crippen LogP contribution in [0.1, 0.15) is 57.2 Å². The average Bonchev–Trinajstić information content (AvgIpc) is 2.32. The molecule has 18 heavy (non-hydrogen) atoms. The zero-order chi connectivity index (χ0) is 13.5. The lowest BCUT2D eigenvalue weighted by Gasteiger charge is -2.22. The number of aryl methyl sites for hydroxylation is 1. The first-order valence-electron chi connectivity index (χ1n) is 7.07. The molecule has 0 fully saturated rings. The fourth-order valence-corrected chi connectivity index (χ4v) is 2.82. The highest BCUT2D eigenvalue weighted by Crippen LogP contribution is 2.27. The molecule has 0 aromatic heterocycles. The summed E-state index contributed by atoms with van der Waals surface area (Å²) in [4.78, 5) is 0. The Morgan fingerprint density at radius 3 is 2.56 bits per heavy atom. The summed E-state index contributed by atoms with van der Waals surface area (Å²) in [5.74, 6) is 0.777. The zero-order valence-corrected chi connectivity index (χ0v) is 13.7. The van der Waals surface area contributed by atoms with E-state index in [2.05, 4.69) is 67.1 Å². The van der Waals surface area contributed by atoms with Gasteiger partial charge >= 0.3 is 0 Å². The Morgan fingerprint density at radius 2 is 2.00 bits per heavy atom. The van der Waals surface area contributed by atoms with E-state index >= 15 is 0 Å². The maximum Gasteiger partial charge on any atom is 0.0323 e. The molecule has 0 spiro atoms. The molecule has 0 saturated heterocycles. The second kappa shape index (κ2) is 7.96. The average molecular weight is 312 g/mol. The first-order chi connectivity index (χ1) is 8.58. The Morgan fingerprint density at radius 1 is 1.28 bits per heavy atom. The van der Waals surface area contributed by atoms with E-state index in [9.17, 15) is 0 Å². The Bertz CT molecular complexity index is 362. The van der Waals surface area contributed by atoms with Gasteiger partial charge in [0, 0.05) is 10.5 Å². The van der Waals surface area contributed by atoms with Gasteiger partial charge in [-0.3, -0.25) is 0 Å². The number of halogens is 1. The predicted octanol–water partition coefficient (Wildman–Crippen LogP) is 5.23. The van der Waals surface area contributed by atoms with Crippen molar-refractivity contribution in [1.29, 1.82) is 0 Å². The molecule has 1 nitrogen and oxygen atoms in total. The normalized spacial score (nSPS) is 14.5. The van der Waals surface area contributed by atoms with Gasteiger partial charge in [0.15, 0.2) is 0 Å². The Hall–Kier alpha value is -0.340. The predicted molar refractivity (Wildman–Crippen MR) is 84.0 cm³/mol. The summed E-state index contributed by atoms with van der Waals surface area (Å²) >= 11 is 3.63. The van der Waals surface area contributed by atoms with Crippen LogP contribution in [-0.4, -0.2) is 6.54 Å². The van der Waals surface area contributed by atoms with Gasteiger partial charge in [-0.25, -0.2) is 0 Å². The lowest BCUT2D eigenvalue weighted by Crippen LogP contribution is -2.23. The van der Waals surface area contributed by atoms with Crippen molar-refractivity contribution in [3.63, 3.8) is 0 Å². The molecule has 0 radical (unpaired) electrons. The minimum absolute atomic E-state index is 0.480. The third kappa shape index (κ3) is 4.74. The standard InChI is InChI=1S/C16H26BrN/c1-5-7-12(3)10-16(18-6-2)14-9-8-13(4)15(17)11-14/h8-9,11-12,16,18H,5-7,10H2,1-4H3. The van der Waals surface area contributed by atoms with E-state index in [1.54, 1.807) is 0 Å². The maximum absolute atomic E-state index is 3.63. The molecule has 0 aliphatic rings. The van der Waals surface area contributed by atoms with E-state index in [0.717, 1.165) is 12.5 Å². The molecular weight excluding hydrogens is 286 g/mol. The van der Waals surface area contributed by atoms with Gasteiger partial charge < -0.3 is 5.32 Å². The molecule has 0 saturated carbocycles. The summed E-state index contributed by atoms with van der Waals surface area (Å²) in [6.45, 7) is 9.96. The molecule has 0 aliphatic carbocycles. The SMILES string of the molecule is CCCC(C)CC(NCC)c1ccc(C)c(Br)c1. The first-order valence-corrected chi connectivity index (χ1v) is 7.87. The summed E-state index contributed by atoms with van der Waals surface area (Å²) in [7, 11) is 0. The van der Waals surface area contributed by atoms with Crippen LogP contribution < -0.4 is 5.32 Å². The van der Waals surface area contributed by atoms with Crippen LogP contribution in [0, 0.1) is 12.8 Å². The molecule has 1 N–H and O–H groups in total. The molecule has 0 heterocycles. The molecule has 0 bridgehead atoms. The number of benzene rings is 1. The molecule has 102 valence electrons. The molecule has 0 aliphatic heterocycles. The topological polar surface area (TPSA) is 12.0 Å². The number of nitrogens with one attached hydrogen (secondary N) is 1. The van der Waals surface area contributed by atoms with Crippen molar-refractivity contribution in [3.05, 3.63) is 33.8 Å². The van der Waals surface area contributed by atoms with Gasteiger partial charge in [0.25, 0.3) is 0 Å². The fourth-order valence-electron chi connectivity index (χ4n) is 2.42. The largest absolute Gasteiger partial charge is 0.310 e. The van der Waals surface area contributed by atoms with Gasteiger partial charge in [0.2, 0.25) is 0 Å². The first kappa shape index (κ1) is 15.7. The zero-order valence-electron chi connectivity index (χ0n) is 12.1. The van der Waals surface area contributed by atoms with Crippen LogP contribution in [0.3, 0.4) is 0 Å². The lowest BCUT2D eigenvalue weighted by molar-refractivity contribution is 0.395. The summed E-state index contributed by atoms with van der Waals surface area (Å²) in [6, 6.07) is 7.20. The molecular formula is C16H26BrN. The number of rotatable bonds is 7. The van der Waals surface area contributed by atoms with Crippen LogP contribution in [0.5, 0.6) is 0 Å². The molecule has 2 unspecified atom stereocenters. The highest BCUT2D eigenvalue weighted by Gasteiger charge is 2.14. The van der Waals surface area contributed by atoms with Crippen molar-refractivity contribution in [2.45, 2.75) is 53.0 Å². The van der Waals surface area contributed by atoms with Crippen molar-refractivity contribution in [3.8, 4) is 0 Å². The second-order valence-electron chi connectivity index (χ2n) is 5.25. The van der Waals surface area contributed by atoms with Crippen LogP contribution >= 0.6 is 15.9 Å². The van der Waals surface area contributed by atoms with Crippen LogP contribution in [-0.2, 0) is 0 Å². The smallest absolute Gasteiger partial charge is 0.0323 e. The van der Waals surface area contributed by atoms with Crippen molar-refractivity contribution < 1.29 is 0 Å². The van der Waals surface area contributed by atoms with Gasteiger partial charge in [-0.2, -0.15) is 0 Å². The third-order valence-electron chi connectivity index (χ3n) is 3.47. The summed E-state index contributed by atoms with van der Waals surface area (Å²) in [5, 5.41) is 3.61. The Kier molecular flexibility index (Phi) is 6.95. The van der Waals surface area contributed by atoms with E-state index in [0.29, 0.717) is 6.04 Å². The molecule has 0 amide bonds. The van der Waals surface area contributed by atoms with E-state index in [1.165, 1.54) is 34.9 Å². The van der Waals surface area contributed by atoms with E-state index in [1.807, 2.05) is 0 Å². The van der Waals surface area contributed by atoms with Gasteiger partial charge in [-0.15, -0.1) is 0 Å². The molecule has 2 atom stereocenters. The van der Waals surface area contributed by atoms with E-state index in [4.69, 9.17) is 0 Å². The van der Waals surface area contributed by atoms with Crippen LogP contribution in [0.4, 0.5) is 0 Å². The molecule has 1 aromatic carbocycles. The van der Waals surface area contributed by atoms with Crippen LogP contribution in [0.25, 0.3) is 0 Å². The number of hydrogen-bond acceptors (Lipinski definition) is 1. The minimum atomic E-state index is 0.480. The number of hydrogen-bond donors (Lipinski definition) is 1. The third-order valence-corrected chi connectivity index (χ3v) is 4.32.